The molecule has 1 aromatic rings. The van der Waals surface area contributed by atoms with E-state index in [2.05, 4.69) is 10.1 Å². The zero-order chi connectivity index (χ0) is 13.9. The van der Waals surface area contributed by atoms with Crippen molar-refractivity contribution >= 4 is 5.78 Å². The van der Waals surface area contributed by atoms with Gasteiger partial charge in [0.15, 0.2) is 5.82 Å². The molecule has 0 radical (unpaired) electrons. The molecular formula is C12H15F3N2O2. The number of carbonyl (C=O) groups excluding carboxylic acids is 1. The van der Waals surface area contributed by atoms with Crippen LogP contribution >= 0.6 is 0 Å². The Hall–Kier alpha value is -1.40. The molecule has 0 bridgehead atoms. The van der Waals surface area contributed by atoms with Crippen LogP contribution in [0.15, 0.2) is 4.52 Å². The van der Waals surface area contributed by atoms with Gasteiger partial charge in [0.1, 0.15) is 5.78 Å². The maximum Gasteiger partial charge on any atom is 0.389 e. The molecule has 1 atom stereocenters. The molecule has 1 aliphatic rings. The monoisotopic (exact) mass is 276 g/mol. The summed E-state index contributed by atoms with van der Waals surface area (Å²) in [7, 11) is 0. The highest BCUT2D eigenvalue weighted by atomic mass is 19.4. The number of hydrogen-bond acceptors (Lipinski definition) is 4. The Morgan fingerprint density at radius 2 is 2.05 bits per heavy atom. The number of aryl methyl sites for hydroxylation is 1. The van der Waals surface area contributed by atoms with Gasteiger partial charge in [0.05, 0.1) is 12.3 Å². The minimum atomic E-state index is -4.24. The van der Waals surface area contributed by atoms with E-state index in [4.69, 9.17) is 4.52 Å². The molecule has 0 spiro atoms. The average molecular weight is 276 g/mol. The fourth-order valence-electron chi connectivity index (χ4n) is 2.18. The maximum atomic E-state index is 12.1. The number of halogens is 3. The second-order valence-electron chi connectivity index (χ2n) is 4.78. The molecule has 1 fully saturated rings. The molecule has 0 N–H and O–H groups in total. The normalized spacial score (nSPS) is 21.4. The van der Waals surface area contributed by atoms with Gasteiger partial charge in [-0.3, -0.25) is 4.79 Å². The quantitative estimate of drug-likeness (QED) is 0.796. The smallest absolute Gasteiger partial charge is 0.339 e. The van der Waals surface area contributed by atoms with E-state index in [0.717, 1.165) is 19.3 Å². The van der Waals surface area contributed by atoms with Crippen molar-refractivity contribution in [3.05, 3.63) is 11.7 Å². The molecule has 7 heteroatoms. The van der Waals surface area contributed by atoms with Gasteiger partial charge in [0.2, 0.25) is 5.89 Å². The molecule has 0 aromatic carbocycles. The SMILES string of the molecule is O=C1CCCCCC1c1nc(CCC(F)(F)F)no1. The van der Waals surface area contributed by atoms with Crippen molar-refractivity contribution in [2.75, 3.05) is 0 Å². The summed E-state index contributed by atoms with van der Waals surface area (Å²) < 4.78 is 41.2. The molecule has 1 saturated carbocycles. The summed E-state index contributed by atoms with van der Waals surface area (Å²) in [6, 6.07) is 0. The molecule has 19 heavy (non-hydrogen) atoms. The van der Waals surface area contributed by atoms with E-state index in [1.165, 1.54) is 0 Å². The fourth-order valence-corrected chi connectivity index (χ4v) is 2.18. The zero-order valence-electron chi connectivity index (χ0n) is 10.4. The van der Waals surface area contributed by atoms with Crippen molar-refractivity contribution in [2.45, 2.75) is 57.0 Å². The fraction of sp³-hybridized carbons (Fsp3) is 0.750. The predicted octanol–water partition coefficient (Wildman–Crippen LogP) is 3.18. The number of carbonyl (C=O) groups is 1. The Labute approximate surface area is 108 Å². The van der Waals surface area contributed by atoms with Crippen molar-refractivity contribution < 1.29 is 22.5 Å². The Kier molecular flexibility index (Phi) is 4.21. The van der Waals surface area contributed by atoms with E-state index in [1.54, 1.807) is 0 Å². The largest absolute Gasteiger partial charge is 0.389 e. The highest BCUT2D eigenvalue weighted by Crippen LogP contribution is 2.28. The van der Waals surface area contributed by atoms with Crippen LogP contribution in [0.1, 0.15) is 56.2 Å². The number of alkyl halides is 3. The van der Waals surface area contributed by atoms with Gasteiger partial charge in [-0.15, -0.1) is 0 Å². The molecule has 0 aliphatic heterocycles. The van der Waals surface area contributed by atoms with Gasteiger partial charge >= 0.3 is 6.18 Å². The minimum Gasteiger partial charge on any atom is -0.339 e. The summed E-state index contributed by atoms with van der Waals surface area (Å²) in [6.07, 6.45) is -1.68. The van der Waals surface area contributed by atoms with Gasteiger partial charge in [0, 0.05) is 12.8 Å². The van der Waals surface area contributed by atoms with Gasteiger partial charge in [0.25, 0.3) is 0 Å². The van der Waals surface area contributed by atoms with Crippen LogP contribution in [0.4, 0.5) is 13.2 Å². The van der Waals surface area contributed by atoms with Crippen LogP contribution in [-0.4, -0.2) is 22.1 Å². The van der Waals surface area contributed by atoms with Crippen LogP contribution < -0.4 is 0 Å². The second kappa shape index (κ2) is 5.71. The maximum absolute atomic E-state index is 12.1. The minimum absolute atomic E-state index is 0.0179. The summed E-state index contributed by atoms with van der Waals surface area (Å²) in [5.74, 6) is -0.202. The molecule has 1 aromatic heterocycles. The summed E-state index contributed by atoms with van der Waals surface area (Å²) in [5, 5.41) is 3.52. The molecule has 1 aliphatic carbocycles. The summed E-state index contributed by atoms with van der Waals surface area (Å²) in [5.41, 5.74) is 0. The molecular weight excluding hydrogens is 261 g/mol. The first-order valence-corrected chi connectivity index (χ1v) is 6.37. The van der Waals surface area contributed by atoms with E-state index in [1.807, 2.05) is 0 Å². The average Bonchev–Trinajstić information content (AvgIpc) is 2.69. The number of ketones is 1. The number of aromatic nitrogens is 2. The van der Waals surface area contributed by atoms with Crippen molar-refractivity contribution in [3.63, 3.8) is 0 Å². The van der Waals surface area contributed by atoms with Gasteiger partial charge < -0.3 is 4.52 Å². The standard InChI is InChI=1S/C12H15F3N2O2/c13-12(14,15)7-6-10-16-11(19-17-10)8-4-2-1-3-5-9(8)18/h8H,1-7H2. The van der Waals surface area contributed by atoms with Crippen molar-refractivity contribution in [2.24, 2.45) is 0 Å². The number of hydrogen-bond donors (Lipinski definition) is 0. The highest BCUT2D eigenvalue weighted by Gasteiger charge is 2.30. The highest BCUT2D eigenvalue weighted by molar-refractivity contribution is 5.84. The Bertz CT molecular complexity index is 442. The third-order valence-corrected chi connectivity index (χ3v) is 3.22. The lowest BCUT2D eigenvalue weighted by molar-refractivity contribution is -0.134. The molecule has 1 heterocycles. The first kappa shape index (κ1) is 14.0. The molecule has 4 nitrogen and oxygen atoms in total. The van der Waals surface area contributed by atoms with Crippen LogP contribution in [-0.2, 0) is 11.2 Å². The van der Waals surface area contributed by atoms with Crippen molar-refractivity contribution in [1.29, 1.82) is 0 Å². The lowest BCUT2D eigenvalue weighted by atomic mass is 9.99. The number of rotatable bonds is 3. The Morgan fingerprint density at radius 1 is 1.26 bits per heavy atom. The van der Waals surface area contributed by atoms with E-state index in [0.29, 0.717) is 12.8 Å². The van der Waals surface area contributed by atoms with Crippen LogP contribution in [0.2, 0.25) is 0 Å². The Morgan fingerprint density at radius 3 is 2.79 bits per heavy atom. The molecule has 2 rings (SSSR count). The van der Waals surface area contributed by atoms with Gasteiger partial charge in [-0.25, -0.2) is 0 Å². The summed E-state index contributed by atoms with van der Waals surface area (Å²) >= 11 is 0. The Balaban J connectivity index is 2.01. The van der Waals surface area contributed by atoms with E-state index in [9.17, 15) is 18.0 Å². The first-order chi connectivity index (χ1) is 8.96. The van der Waals surface area contributed by atoms with Crippen LogP contribution in [0.3, 0.4) is 0 Å². The number of nitrogens with zero attached hydrogens (tertiary/aromatic N) is 2. The van der Waals surface area contributed by atoms with E-state index in [-0.39, 0.29) is 23.9 Å². The third kappa shape index (κ3) is 4.04. The van der Waals surface area contributed by atoms with E-state index >= 15 is 0 Å². The second-order valence-corrected chi connectivity index (χ2v) is 4.78. The summed E-state index contributed by atoms with van der Waals surface area (Å²) in [6.45, 7) is 0. The zero-order valence-corrected chi connectivity index (χ0v) is 10.4. The van der Waals surface area contributed by atoms with Crippen LogP contribution in [0.25, 0.3) is 0 Å². The summed E-state index contributed by atoms with van der Waals surface area (Å²) in [4.78, 5) is 15.8. The van der Waals surface area contributed by atoms with Crippen molar-refractivity contribution in [1.82, 2.24) is 10.1 Å². The molecule has 0 saturated heterocycles. The lowest BCUT2D eigenvalue weighted by Gasteiger charge is -2.06. The first-order valence-electron chi connectivity index (χ1n) is 6.37. The third-order valence-electron chi connectivity index (χ3n) is 3.22. The van der Waals surface area contributed by atoms with Crippen molar-refractivity contribution in [3.8, 4) is 0 Å². The van der Waals surface area contributed by atoms with Crippen LogP contribution in [0, 0.1) is 0 Å². The molecule has 106 valence electrons. The predicted molar refractivity (Wildman–Crippen MR) is 59.5 cm³/mol. The van der Waals surface area contributed by atoms with Gasteiger partial charge in [-0.1, -0.05) is 18.0 Å². The van der Waals surface area contributed by atoms with Gasteiger partial charge in [-0.2, -0.15) is 18.2 Å². The van der Waals surface area contributed by atoms with Gasteiger partial charge in [-0.05, 0) is 12.8 Å². The molecule has 0 amide bonds. The molecule has 1 unspecified atom stereocenters. The lowest BCUT2D eigenvalue weighted by Crippen LogP contribution is -2.11. The van der Waals surface area contributed by atoms with E-state index < -0.39 is 18.5 Å². The topological polar surface area (TPSA) is 56.0 Å². The van der Waals surface area contributed by atoms with Crippen LogP contribution in [0.5, 0.6) is 0 Å². The number of Topliss-reactive ketones (excluding diaryl/α,β-unsaturated/α-hetero) is 1.